The summed E-state index contributed by atoms with van der Waals surface area (Å²) in [5, 5.41) is 9.29. The number of thioether (sulfide) groups is 1. The Morgan fingerprint density at radius 1 is 1.37 bits per heavy atom. The molecule has 0 atom stereocenters. The van der Waals surface area contributed by atoms with Gasteiger partial charge >= 0.3 is 5.97 Å². The minimum absolute atomic E-state index is 0.108. The minimum Gasteiger partial charge on any atom is -0.481 e. The van der Waals surface area contributed by atoms with Crippen molar-refractivity contribution in [3.05, 3.63) is 0 Å². The van der Waals surface area contributed by atoms with Crippen molar-refractivity contribution in [2.75, 3.05) is 38.3 Å². The summed E-state index contributed by atoms with van der Waals surface area (Å²) in [6.07, 6.45) is 1.76. The zero-order chi connectivity index (χ0) is 14.3. The molecule has 0 aromatic heterocycles. The third-order valence-electron chi connectivity index (χ3n) is 3.86. The van der Waals surface area contributed by atoms with Crippen LogP contribution in [0.2, 0.25) is 0 Å². The molecule has 1 fully saturated rings. The van der Waals surface area contributed by atoms with Gasteiger partial charge in [-0.25, -0.2) is 0 Å². The molecule has 0 radical (unpaired) electrons. The third-order valence-corrected chi connectivity index (χ3v) is 4.77. The van der Waals surface area contributed by atoms with E-state index in [1.54, 1.807) is 23.8 Å². The Balaban J connectivity index is 2.36. The second-order valence-corrected chi connectivity index (χ2v) is 5.97. The van der Waals surface area contributed by atoms with Crippen LogP contribution in [0.1, 0.15) is 26.2 Å². The molecular weight excluding hydrogens is 266 g/mol. The van der Waals surface area contributed by atoms with Crippen molar-refractivity contribution in [1.29, 1.82) is 0 Å². The lowest BCUT2D eigenvalue weighted by Crippen LogP contribution is -2.46. The normalized spacial score (nSPS) is 18.3. The molecule has 1 rings (SSSR count). The Morgan fingerprint density at radius 2 is 2.00 bits per heavy atom. The Bertz CT molecular complexity index is 314. The average molecular weight is 289 g/mol. The van der Waals surface area contributed by atoms with E-state index in [1.807, 2.05) is 6.92 Å². The molecule has 1 amide bonds. The van der Waals surface area contributed by atoms with E-state index in [9.17, 15) is 14.7 Å². The van der Waals surface area contributed by atoms with E-state index in [0.717, 1.165) is 5.75 Å². The second-order valence-electron chi connectivity index (χ2n) is 4.87. The molecule has 0 saturated carbocycles. The van der Waals surface area contributed by atoms with Crippen LogP contribution in [0.3, 0.4) is 0 Å². The van der Waals surface area contributed by atoms with Gasteiger partial charge < -0.3 is 14.7 Å². The molecule has 0 aliphatic carbocycles. The number of carbonyl (C=O) groups is 2. The van der Waals surface area contributed by atoms with Crippen molar-refractivity contribution in [1.82, 2.24) is 4.90 Å². The predicted molar refractivity (Wildman–Crippen MR) is 75.4 cm³/mol. The number of hydrogen-bond donors (Lipinski definition) is 1. The maximum absolute atomic E-state index is 11.9. The van der Waals surface area contributed by atoms with E-state index in [4.69, 9.17) is 4.74 Å². The summed E-state index contributed by atoms with van der Waals surface area (Å²) in [6, 6.07) is 0. The van der Waals surface area contributed by atoms with Crippen molar-refractivity contribution >= 4 is 23.6 Å². The number of likely N-dealkylation sites (tertiary alicyclic amines) is 1. The Morgan fingerprint density at radius 3 is 2.47 bits per heavy atom. The standard InChI is InChI=1S/C13H23NO4S/c1-3-13(12(16)17)4-6-14(7-5-13)11(15)10-19-9-8-18-2/h3-10H2,1-2H3,(H,16,17). The zero-order valence-corrected chi connectivity index (χ0v) is 12.5. The fraction of sp³-hybridized carbons (Fsp3) is 0.846. The van der Waals surface area contributed by atoms with E-state index in [1.165, 1.54) is 0 Å². The van der Waals surface area contributed by atoms with E-state index in [0.29, 0.717) is 44.7 Å². The lowest BCUT2D eigenvalue weighted by molar-refractivity contribution is -0.154. The molecule has 0 spiro atoms. The van der Waals surface area contributed by atoms with Crippen LogP contribution in [-0.4, -0.2) is 60.2 Å². The number of carboxylic acids is 1. The third kappa shape index (κ3) is 4.38. The highest BCUT2D eigenvalue weighted by molar-refractivity contribution is 7.99. The average Bonchev–Trinajstić information content (AvgIpc) is 2.43. The van der Waals surface area contributed by atoms with Gasteiger partial charge in [-0.05, 0) is 19.3 Å². The van der Waals surface area contributed by atoms with Gasteiger partial charge in [0.2, 0.25) is 5.91 Å². The molecule has 1 N–H and O–H groups in total. The highest BCUT2D eigenvalue weighted by Crippen LogP contribution is 2.35. The lowest BCUT2D eigenvalue weighted by atomic mass is 9.76. The Kier molecular flexibility index (Phi) is 6.65. The molecular formula is C13H23NO4S. The molecule has 1 aliphatic rings. The van der Waals surface area contributed by atoms with Gasteiger partial charge in [-0.3, -0.25) is 9.59 Å². The zero-order valence-electron chi connectivity index (χ0n) is 11.7. The van der Waals surface area contributed by atoms with Gasteiger partial charge in [0.1, 0.15) is 0 Å². The summed E-state index contributed by atoms with van der Waals surface area (Å²) in [5.74, 6) is 0.646. The molecule has 1 aliphatic heterocycles. The predicted octanol–water partition coefficient (Wildman–Crippen LogP) is 1.47. The van der Waals surface area contributed by atoms with E-state index < -0.39 is 11.4 Å². The van der Waals surface area contributed by atoms with Gasteiger partial charge in [0.25, 0.3) is 0 Å². The van der Waals surface area contributed by atoms with Crippen LogP contribution < -0.4 is 0 Å². The monoisotopic (exact) mass is 289 g/mol. The first-order valence-corrected chi connectivity index (χ1v) is 7.79. The van der Waals surface area contributed by atoms with Gasteiger partial charge in [0.15, 0.2) is 0 Å². The van der Waals surface area contributed by atoms with Gasteiger partial charge in [-0.1, -0.05) is 6.92 Å². The summed E-state index contributed by atoms with van der Waals surface area (Å²) in [4.78, 5) is 25.0. The number of ether oxygens (including phenoxy) is 1. The molecule has 0 bridgehead atoms. The number of piperidine rings is 1. The number of rotatable bonds is 7. The van der Waals surface area contributed by atoms with Crippen LogP contribution in [0.4, 0.5) is 0 Å². The van der Waals surface area contributed by atoms with Crippen molar-refractivity contribution in [2.45, 2.75) is 26.2 Å². The van der Waals surface area contributed by atoms with Crippen LogP contribution in [-0.2, 0) is 14.3 Å². The van der Waals surface area contributed by atoms with Gasteiger partial charge in [-0.2, -0.15) is 0 Å². The molecule has 1 saturated heterocycles. The highest BCUT2D eigenvalue weighted by Gasteiger charge is 2.40. The van der Waals surface area contributed by atoms with Crippen molar-refractivity contribution in [3.63, 3.8) is 0 Å². The summed E-state index contributed by atoms with van der Waals surface area (Å²) in [6.45, 7) is 3.68. The Labute approximate surface area is 118 Å². The number of amides is 1. The fourth-order valence-corrected chi connectivity index (χ4v) is 3.08. The van der Waals surface area contributed by atoms with Crippen molar-refractivity contribution in [2.24, 2.45) is 5.41 Å². The molecule has 1 heterocycles. The van der Waals surface area contributed by atoms with Gasteiger partial charge in [0.05, 0.1) is 17.8 Å². The first-order valence-electron chi connectivity index (χ1n) is 6.63. The fourth-order valence-electron chi connectivity index (χ4n) is 2.30. The maximum Gasteiger partial charge on any atom is 0.309 e. The number of methoxy groups -OCH3 is 1. The quantitative estimate of drug-likeness (QED) is 0.719. The summed E-state index contributed by atoms with van der Waals surface area (Å²) in [7, 11) is 1.64. The van der Waals surface area contributed by atoms with Crippen LogP contribution in [0.15, 0.2) is 0 Å². The number of carbonyl (C=O) groups excluding carboxylic acids is 1. The first-order chi connectivity index (χ1) is 9.05. The summed E-state index contributed by atoms with van der Waals surface area (Å²) in [5.41, 5.74) is -0.625. The van der Waals surface area contributed by atoms with Crippen LogP contribution >= 0.6 is 11.8 Å². The number of nitrogens with zero attached hydrogens (tertiary/aromatic N) is 1. The van der Waals surface area contributed by atoms with Crippen LogP contribution in [0, 0.1) is 5.41 Å². The minimum atomic E-state index is -0.725. The lowest BCUT2D eigenvalue weighted by Gasteiger charge is -2.38. The van der Waals surface area contributed by atoms with Gasteiger partial charge in [0, 0.05) is 26.0 Å². The van der Waals surface area contributed by atoms with Crippen molar-refractivity contribution < 1.29 is 19.4 Å². The molecule has 0 unspecified atom stereocenters. The SMILES string of the molecule is CCC1(C(=O)O)CCN(C(=O)CSCCOC)CC1. The molecule has 6 heteroatoms. The second kappa shape index (κ2) is 7.75. The van der Waals surface area contributed by atoms with Crippen LogP contribution in [0.25, 0.3) is 0 Å². The largest absolute Gasteiger partial charge is 0.481 e. The number of hydrogen-bond acceptors (Lipinski definition) is 4. The van der Waals surface area contributed by atoms with E-state index in [2.05, 4.69) is 0 Å². The molecule has 0 aromatic rings. The van der Waals surface area contributed by atoms with Crippen LogP contribution in [0.5, 0.6) is 0 Å². The summed E-state index contributed by atoms with van der Waals surface area (Å²) < 4.78 is 4.93. The first kappa shape index (κ1) is 16.3. The van der Waals surface area contributed by atoms with Gasteiger partial charge in [-0.15, -0.1) is 11.8 Å². The Hall–Kier alpha value is -0.750. The number of aliphatic carboxylic acids is 1. The summed E-state index contributed by atoms with van der Waals surface area (Å²) >= 11 is 1.56. The topological polar surface area (TPSA) is 66.8 Å². The molecule has 5 nitrogen and oxygen atoms in total. The molecule has 110 valence electrons. The van der Waals surface area contributed by atoms with Crippen molar-refractivity contribution in [3.8, 4) is 0 Å². The number of carboxylic acid groups (broad SMARTS) is 1. The smallest absolute Gasteiger partial charge is 0.309 e. The van der Waals surface area contributed by atoms with E-state index in [-0.39, 0.29) is 5.91 Å². The molecule has 0 aromatic carbocycles. The highest BCUT2D eigenvalue weighted by atomic mass is 32.2. The molecule has 19 heavy (non-hydrogen) atoms. The van der Waals surface area contributed by atoms with E-state index >= 15 is 0 Å². The maximum atomic E-state index is 11.9.